The van der Waals surface area contributed by atoms with Crippen molar-refractivity contribution in [1.82, 2.24) is 4.31 Å². The lowest BCUT2D eigenvalue weighted by Crippen LogP contribution is -2.32. The second-order valence-electron chi connectivity index (χ2n) is 7.19. The second-order valence-corrected chi connectivity index (χ2v) is 9.13. The maximum absolute atomic E-state index is 13.8. The molecule has 0 N–H and O–H groups in total. The molecule has 31 heavy (non-hydrogen) atoms. The second kappa shape index (κ2) is 10.0. The van der Waals surface area contributed by atoms with E-state index in [0.717, 1.165) is 31.7 Å². The van der Waals surface area contributed by atoms with Gasteiger partial charge in [-0.25, -0.2) is 17.6 Å². The number of ether oxygens (including phenoxy) is 2. The Kier molecular flexibility index (Phi) is 7.40. The summed E-state index contributed by atoms with van der Waals surface area (Å²) in [5, 5.41) is 0. The molecular formula is C22H24FNO6S. The molecular weight excluding hydrogens is 425 g/mol. The van der Waals surface area contributed by atoms with Crippen LogP contribution in [0.2, 0.25) is 0 Å². The minimum absolute atomic E-state index is 0.00372. The third-order valence-corrected chi connectivity index (χ3v) is 6.98. The number of hydrogen-bond donors (Lipinski definition) is 0. The van der Waals surface area contributed by atoms with E-state index in [2.05, 4.69) is 0 Å². The Morgan fingerprint density at radius 2 is 1.71 bits per heavy atom. The molecule has 0 radical (unpaired) electrons. The summed E-state index contributed by atoms with van der Waals surface area (Å²) in [6.45, 7) is 0.293. The first-order valence-corrected chi connectivity index (χ1v) is 11.4. The summed E-state index contributed by atoms with van der Waals surface area (Å²) < 4.78 is 50.9. The fourth-order valence-corrected chi connectivity index (χ4v) is 4.92. The molecule has 1 saturated heterocycles. The van der Waals surface area contributed by atoms with Crippen LogP contribution in [-0.4, -0.2) is 51.3 Å². The summed E-state index contributed by atoms with van der Waals surface area (Å²) in [6, 6.07) is 9.24. The van der Waals surface area contributed by atoms with Crippen molar-refractivity contribution in [2.24, 2.45) is 0 Å². The van der Waals surface area contributed by atoms with Gasteiger partial charge in [0, 0.05) is 18.7 Å². The Bertz CT molecular complexity index is 1060. The van der Waals surface area contributed by atoms with Gasteiger partial charge in [-0.2, -0.15) is 4.31 Å². The minimum atomic E-state index is -3.72. The van der Waals surface area contributed by atoms with Crippen LogP contribution >= 0.6 is 0 Å². The van der Waals surface area contributed by atoms with Crippen molar-refractivity contribution in [2.45, 2.75) is 30.6 Å². The van der Waals surface area contributed by atoms with Crippen molar-refractivity contribution in [3.8, 4) is 5.75 Å². The zero-order valence-electron chi connectivity index (χ0n) is 17.2. The number of hydrogen-bond acceptors (Lipinski definition) is 6. The zero-order valence-corrected chi connectivity index (χ0v) is 18.0. The van der Waals surface area contributed by atoms with Crippen LogP contribution in [0.25, 0.3) is 0 Å². The molecule has 0 bridgehead atoms. The highest BCUT2D eigenvalue weighted by atomic mass is 32.2. The number of methoxy groups -OCH3 is 1. The van der Waals surface area contributed by atoms with Crippen molar-refractivity contribution >= 4 is 21.8 Å². The highest BCUT2D eigenvalue weighted by Crippen LogP contribution is 2.22. The lowest BCUT2D eigenvalue weighted by Gasteiger charge is -2.20. The van der Waals surface area contributed by atoms with E-state index >= 15 is 0 Å². The standard InChI is InChI=1S/C22H24FNO6S/c1-29-21-10-9-16(14-19(21)23)20(25)15-30-22(26)17-7-6-8-18(13-17)31(27,28)24-11-4-2-3-5-12-24/h6-10,13-14H,2-5,11-12,15H2,1H3. The van der Waals surface area contributed by atoms with Gasteiger partial charge in [-0.15, -0.1) is 0 Å². The monoisotopic (exact) mass is 449 g/mol. The van der Waals surface area contributed by atoms with Gasteiger partial charge in [-0.05, 0) is 49.2 Å². The first-order valence-electron chi connectivity index (χ1n) is 9.97. The van der Waals surface area contributed by atoms with Gasteiger partial charge in [0.05, 0.1) is 17.6 Å². The number of carbonyl (C=O) groups is 2. The molecule has 166 valence electrons. The SMILES string of the molecule is COc1ccc(C(=O)COC(=O)c2cccc(S(=O)(=O)N3CCCCCC3)c2)cc1F. The molecule has 0 aliphatic carbocycles. The average Bonchev–Trinajstić information content (AvgIpc) is 3.07. The molecule has 3 rings (SSSR count). The Morgan fingerprint density at radius 1 is 1.00 bits per heavy atom. The maximum Gasteiger partial charge on any atom is 0.338 e. The Balaban J connectivity index is 1.68. The molecule has 1 heterocycles. The van der Waals surface area contributed by atoms with Crippen LogP contribution in [0.1, 0.15) is 46.4 Å². The molecule has 2 aromatic carbocycles. The molecule has 7 nitrogen and oxygen atoms in total. The smallest absolute Gasteiger partial charge is 0.338 e. The van der Waals surface area contributed by atoms with Crippen LogP contribution in [0.15, 0.2) is 47.4 Å². The van der Waals surface area contributed by atoms with Gasteiger partial charge in [0.2, 0.25) is 10.0 Å². The Morgan fingerprint density at radius 3 is 2.35 bits per heavy atom. The van der Waals surface area contributed by atoms with Crippen molar-refractivity contribution in [2.75, 3.05) is 26.8 Å². The molecule has 0 aromatic heterocycles. The number of carbonyl (C=O) groups excluding carboxylic acids is 2. The van der Waals surface area contributed by atoms with Crippen LogP contribution in [0, 0.1) is 5.82 Å². The topological polar surface area (TPSA) is 90.0 Å². The molecule has 1 aliphatic heterocycles. The molecule has 0 saturated carbocycles. The number of esters is 1. The van der Waals surface area contributed by atoms with E-state index in [1.54, 1.807) is 0 Å². The highest BCUT2D eigenvalue weighted by Gasteiger charge is 2.26. The van der Waals surface area contributed by atoms with Gasteiger partial charge < -0.3 is 9.47 Å². The Labute approximate surface area is 180 Å². The van der Waals surface area contributed by atoms with Gasteiger partial charge in [0.1, 0.15) is 0 Å². The third-order valence-electron chi connectivity index (χ3n) is 5.08. The number of nitrogens with zero attached hydrogens (tertiary/aromatic N) is 1. The van der Waals surface area contributed by atoms with E-state index in [0.29, 0.717) is 13.1 Å². The summed E-state index contributed by atoms with van der Waals surface area (Å²) in [7, 11) is -2.41. The highest BCUT2D eigenvalue weighted by molar-refractivity contribution is 7.89. The number of rotatable bonds is 7. The quantitative estimate of drug-likeness (QED) is 0.475. The first kappa shape index (κ1) is 22.9. The number of halogens is 1. The predicted octanol–water partition coefficient (Wildman–Crippen LogP) is 3.44. The lowest BCUT2D eigenvalue weighted by atomic mass is 10.1. The zero-order chi connectivity index (χ0) is 22.4. The van der Waals surface area contributed by atoms with E-state index in [1.807, 2.05) is 0 Å². The maximum atomic E-state index is 13.8. The van der Waals surface area contributed by atoms with E-state index in [9.17, 15) is 22.4 Å². The number of Topliss-reactive ketones (excluding diaryl/α,β-unsaturated/α-hetero) is 1. The van der Waals surface area contributed by atoms with Gasteiger partial charge in [-0.3, -0.25) is 4.79 Å². The molecule has 1 fully saturated rings. The van der Waals surface area contributed by atoms with Crippen LogP contribution in [0.3, 0.4) is 0 Å². The summed E-state index contributed by atoms with van der Waals surface area (Å²) >= 11 is 0. The van der Waals surface area contributed by atoms with Crippen LogP contribution in [-0.2, 0) is 14.8 Å². The fourth-order valence-electron chi connectivity index (χ4n) is 3.35. The van der Waals surface area contributed by atoms with E-state index in [-0.39, 0.29) is 21.8 Å². The largest absolute Gasteiger partial charge is 0.494 e. The van der Waals surface area contributed by atoms with Crippen molar-refractivity contribution < 1.29 is 31.9 Å². The molecule has 0 amide bonds. The molecule has 0 spiro atoms. The molecule has 0 atom stereocenters. The van der Waals surface area contributed by atoms with Crippen molar-refractivity contribution in [3.63, 3.8) is 0 Å². The number of ketones is 1. The van der Waals surface area contributed by atoms with Crippen molar-refractivity contribution in [3.05, 3.63) is 59.4 Å². The molecule has 0 unspecified atom stereocenters. The fraction of sp³-hybridized carbons (Fsp3) is 0.364. The normalized spacial score (nSPS) is 15.2. The van der Waals surface area contributed by atoms with E-state index in [4.69, 9.17) is 9.47 Å². The van der Waals surface area contributed by atoms with Gasteiger partial charge in [0.15, 0.2) is 24.0 Å². The van der Waals surface area contributed by atoms with Crippen LogP contribution < -0.4 is 4.74 Å². The lowest BCUT2D eigenvalue weighted by molar-refractivity contribution is 0.0474. The van der Waals surface area contributed by atoms with Gasteiger partial charge in [0.25, 0.3) is 0 Å². The molecule has 2 aromatic rings. The van der Waals surface area contributed by atoms with E-state index in [1.165, 1.54) is 47.8 Å². The predicted molar refractivity (Wildman–Crippen MR) is 111 cm³/mol. The summed E-state index contributed by atoms with van der Waals surface area (Å²) in [6.07, 6.45) is 3.58. The number of sulfonamides is 1. The first-order chi connectivity index (χ1) is 14.8. The van der Waals surface area contributed by atoms with Crippen LogP contribution in [0.5, 0.6) is 5.75 Å². The Hall–Kier alpha value is -2.78. The summed E-state index contributed by atoms with van der Waals surface area (Å²) in [5.74, 6) is -2.14. The summed E-state index contributed by atoms with van der Waals surface area (Å²) in [5.41, 5.74) is 0.0493. The number of benzene rings is 2. The third kappa shape index (κ3) is 5.48. The molecule has 9 heteroatoms. The summed E-state index contributed by atoms with van der Waals surface area (Å²) in [4.78, 5) is 24.6. The van der Waals surface area contributed by atoms with Gasteiger partial charge >= 0.3 is 5.97 Å². The van der Waals surface area contributed by atoms with Crippen molar-refractivity contribution in [1.29, 1.82) is 0 Å². The minimum Gasteiger partial charge on any atom is -0.494 e. The van der Waals surface area contributed by atoms with Gasteiger partial charge in [-0.1, -0.05) is 18.9 Å². The van der Waals surface area contributed by atoms with Crippen LogP contribution in [0.4, 0.5) is 4.39 Å². The van der Waals surface area contributed by atoms with E-state index < -0.39 is 34.2 Å². The average molecular weight is 450 g/mol. The molecule has 1 aliphatic rings.